The Bertz CT molecular complexity index is 973. The van der Waals surface area contributed by atoms with Gasteiger partial charge in [-0.15, -0.1) is 0 Å². The monoisotopic (exact) mass is 403 g/mol. The standard InChI is InChI=1S/C24H29N5O/c1-3-23-22(17-25-29(23)18-19-7-5-4-6-8-19)24(30)26-20-9-11-21(12-10-20)28-15-13-27(2)14-16-28/h4-12,17H,3,13-16,18H2,1-2H3,(H,26,30). The highest BCUT2D eigenvalue weighted by Crippen LogP contribution is 2.20. The van der Waals surface area contributed by atoms with Crippen LogP contribution in [0.2, 0.25) is 0 Å². The van der Waals surface area contributed by atoms with Gasteiger partial charge in [-0.25, -0.2) is 0 Å². The highest BCUT2D eigenvalue weighted by molar-refractivity contribution is 6.05. The molecule has 1 N–H and O–H groups in total. The number of piperazine rings is 1. The molecule has 1 aliphatic rings. The van der Waals surface area contributed by atoms with Gasteiger partial charge in [0.1, 0.15) is 0 Å². The zero-order chi connectivity index (χ0) is 20.9. The lowest BCUT2D eigenvalue weighted by Gasteiger charge is -2.34. The van der Waals surface area contributed by atoms with Gasteiger partial charge in [0, 0.05) is 37.6 Å². The quantitative estimate of drug-likeness (QED) is 0.685. The lowest BCUT2D eigenvalue weighted by molar-refractivity contribution is 0.102. The van der Waals surface area contributed by atoms with Crippen molar-refractivity contribution in [3.63, 3.8) is 0 Å². The SMILES string of the molecule is CCc1c(C(=O)Nc2ccc(N3CCN(C)CC3)cc2)cnn1Cc1ccccc1. The smallest absolute Gasteiger partial charge is 0.259 e. The Morgan fingerprint density at radius 2 is 1.70 bits per heavy atom. The molecule has 6 heteroatoms. The largest absolute Gasteiger partial charge is 0.369 e. The van der Waals surface area contributed by atoms with Crippen molar-refractivity contribution in [2.45, 2.75) is 19.9 Å². The van der Waals surface area contributed by atoms with Gasteiger partial charge in [0.2, 0.25) is 0 Å². The van der Waals surface area contributed by atoms with E-state index in [2.05, 4.69) is 58.5 Å². The number of rotatable bonds is 6. The topological polar surface area (TPSA) is 53.4 Å². The number of carbonyl (C=O) groups is 1. The molecule has 3 aromatic rings. The van der Waals surface area contributed by atoms with Gasteiger partial charge in [0.05, 0.1) is 24.0 Å². The molecule has 1 fully saturated rings. The maximum atomic E-state index is 12.9. The summed E-state index contributed by atoms with van der Waals surface area (Å²) in [6.45, 7) is 6.93. The summed E-state index contributed by atoms with van der Waals surface area (Å²) in [6.07, 6.45) is 2.42. The fourth-order valence-corrected chi connectivity index (χ4v) is 3.88. The van der Waals surface area contributed by atoms with Gasteiger partial charge < -0.3 is 15.1 Å². The molecule has 0 atom stereocenters. The summed E-state index contributed by atoms with van der Waals surface area (Å²) in [7, 11) is 2.16. The number of carbonyl (C=O) groups excluding carboxylic acids is 1. The molecule has 30 heavy (non-hydrogen) atoms. The van der Waals surface area contributed by atoms with E-state index in [1.54, 1.807) is 6.20 Å². The van der Waals surface area contributed by atoms with Crippen LogP contribution < -0.4 is 10.2 Å². The Morgan fingerprint density at radius 3 is 2.37 bits per heavy atom. The Morgan fingerprint density at radius 1 is 1.00 bits per heavy atom. The average molecular weight is 404 g/mol. The second-order valence-corrected chi connectivity index (χ2v) is 7.79. The van der Waals surface area contributed by atoms with Crippen molar-refractivity contribution in [3.8, 4) is 0 Å². The summed E-state index contributed by atoms with van der Waals surface area (Å²) in [4.78, 5) is 17.6. The molecule has 0 radical (unpaired) electrons. The molecule has 0 aliphatic carbocycles. The van der Waals surface area contributed by atoms with Gasteiger partial charge in [-0.05, 0) is 43.3 Å². The van der Waals surface area contributed by atoms with Crippen molar-refractivity contribution >= 4 is 17.3 Å². The zero-order valence-electron chi connectivity index (χ0n) is 17.7. The molecule has 1 saturated heterocycles. The summed E-state index contributed by atoms with van der Waals surface area (Å²) in [6, 6.07) is 18.3. The number of hydrogen-bond donors (Lipinski definition) is 1. The Balaban J connectivity index is 1.43. The fraction of sp³-hybridized carbons (Fsp3) is 0.333. The molecule has 2 aromatic carbocycles. The first-order valence-corrected chi connectivity index (χ1v) is 10.6. The normalized spacial score (nSPS) is 14.7. The molecule has 0 unspecified atom stereocenters. The van der Waals surface area contributed by atoms with Crippen molar-refractivity contribution in [2.75, 3.05) is 43.4 Å². The van der Waals surface area contributed by atoms with Gasteiger partial charge in [-0.1, -0.05) is 37.3 Å². The van der Waals surface area contributed by atoms with Gasteiger partial charge >= 0.3 is 0 Å². The number of nitrogens with one attached hydrogen (secondary N) is 1. The Kier molecular flexibility index (Phi) is 6.14. The molecule has 6 nitrogen and oxygen atoms in total. The summed E-state index contributed by atoms with van der Waals surface area (Å²) >= 11 is 0. The molecule has 2 heterocycles. The van der Waals surface area contributed by atoms with Crippen molar-refractivity contribution in [3.05, 3.63) is 77.6 Å². The first kappa shape index (κ1) is 20.2. The van der Waals surface area contributed by atoms with E-state index >= 15 is 0 Å². The van der Waals surface area contributed by atoms with Crippen LogP contribution in [0.25, 0.3) is 0 Å². The molecule has 1 aliphatic heterocycles. The van der Waals surface area contributed by atoms with Crippen LogP contribution in [0.15, 0.2) is 60.8 Å². The number of aromatic nitrogens is 2. The molecule has 1 aromatic heterocycles. The number of benzene rings is 2. The van der Waals surface area contributed by atoms with Crippen LogP contribution in [0.1, 0.15) is 28.5 Å². The molecule has 156 valence electrons. The number of nitrogens with zero attached hydrogens (tertiary/aromatic N) is 4. The molecule has 0 bridgehead atoms. The van der Waals surface area contributed by atoms with E-state index in [0.717, 1.165) is 44.0 Å². The van der Waals surface area contributed by atoms with Gasteiger partial charge in [-0.3, -0.25) is 9.48 Å². The fourth-order valence-electron chi connectivity index (χ4n) is 3.88. The van der Waals surface area contributed by atoms with E-state index in [4.69, 9.17) is 0 Å². The van der Waals surface area contributed by atoms with Crippen molar-refractivity contribution in [1.29, 1.82) is 0 Å². The first-order chi connectivity index (χ1) is 14.6. The zero-order valence-corrected chi connectivity index (χ0v) is 17.7. The van der Waals surface area contributed by atoms with Crippen LogP contribution in [0, 0.1) is 0 Å². The van der Waals surface area contributed by atoms with Crippen molar-refractivity contribution in [2.24, 2.45) is 0 Å². The predicted octanol–water partition coefficient (Wildman–Crippen LogP) is 3.50. The van der Waals surface area contributed by atoms with Crippen LogP contribution in [-0.2, 0) is 13.0 Å². The van der Waals surface area contributed by atoms with Crippen molar-refractivity contribution < 1.29 is 4.79 Å². The van der Waals surface area contributed by atoms with Crippen LogP contribution in [0.4, 0.5) is 11.4 Å². The Hall–Kier alpha value is -3.12. The van der Waals surface area contributed by atoms with E-state index in [0.29, 0.717) is 12.1 Å². The van der Waals surface area contributed by atoms with Crippen molar-refractivity contribution in [1.82, 2.24) is 14.7 Å². The highest BCUT2D eigenvalue weighted by Gasteiger charge is 2.17. The summed E-state index contributed by atoms with van der Waals surface area (Å²) in [5.41, 5.74) is 4.76. The van der Waals surface area contributed by atoms with Crippen LogP contribution >= 0.6 is 0 Å². The second-order valence-electron chi connectivity index (χ2n) is 7.79. The van der Waals surface area contributed by atoms with E-state index in [9.17, 15) is 4.79 Å². The Labute approximate surface area is 178 Å². The lowest BCUT2D eigenvalue weighted by atomic mass is 10.1. The lowest BCUT2D eigenvalue weighted by Crippen LogP contribution is -2.44. The third-order valence-corrected chi connectivity index (χ3v) is 5.70. The third-order valence-electron chi connectivity index (χ3n) is 5.70. The minimum atomic E-state index is -0.112. The third kappa shape index (κ3) is 4.54. The number of hydrogen-bond acceptors (Lipinski definition) is 4. The highest BCUT2D eigenvalue weighted by atomic mass is 16.1. The number of anilines is 2. The van der Waals surface area contributed by atoms with E-state index in [1.165, 1.54) is 11.3 Å². The molecular formula is C24H29N5O. The molecule has 1 amide bonds. The molecule has 0 spiro atoms. The predicted molar refractivity (Wildman–Crippen MR) is 121 cm³/mol. The van der Waals surface area contributed by atoms with E-state index in [1.807, 2.05) is 35.0 Å². The molecule has 0 saturated carbocycles. The summed E-state index contributed by atoms with van der Waals surface area (Å²) in [5.74, 6) is -0.112. The van der Waals surface area contributed by atoms with Crippen LogP contribution in [0.3, 0.4) is 0 Å². The van der Waals surface area contributed by atoms with Crippen LogP contribution in [0.5, 0.6) is 0 Å². The van der Waals surface area contributed by atoms with Gasteiger partial charge in [0.25, 0.3) is 5.91 Å². The first-order valence-electron chi connectivity index (χ1n) is 10.6. The van der Waals surface area contributed by atoms with E-state index < -0.39 is 0 Å². The number of likely N-dealkylation sites (N-methyl/N-ethyl adjacent to an activating group) is 1. The second kappa shape index (κ2) is 9.13. The summed E-state index contributed by atoms with van der Waals surface area (Å²) < 4.78 is 1.92. The number of amides is 1. The molecule has 4 rings (SSSR count). The van der Waals surface area contributed by atoms with Gasteiger partial charge in [-0.2, -0.15) is 5.10 Å². The van der Waals surface area contributed by atoms with Crippen LogP contribution in [-0.4, -0.2) is 53.8 Å². The summed E-state index contributed by atoms with van der Waals surface area (Å²) in [5, 5.41) is 7.50. The van der Waals surface area contributed by atoms with E-state index in [-0.39, 0.29) is 5.91 Å². The minimum absolute atomic E-state index is 0.112. The molecular weight excluding hydrogens is 374 g/mol. The maximum absolute atomic E-state index is 12.9. The maximum Gasteiger partial charge on any atom is 0.259 e. The van der Waals surface area contributed by atoms with Gasteiger partial charge in [0.15, 0.2) is 0 Å². The average Bonchev–Trinajstić information content (AvgIpc) is 3.18. The minimum Gasteiger partial charge on any atom is -0.369 e.